The Kier molecular flexibility index (Phi) is 6.17. The molecule has 0 radical (unpaired) electrons. The number of benzene rings is 1. The van der Waals surface area contributed by atoms with E-state index in [0.717, 1.165) is 44.6 Å². The second kappa shape index (κ2) is 9.41. The van der Waals surface area contributed by atoms with E-state index < -0.39 is 17.7 Å². The van der Waals surface area contributed by atoms with Crippen LogP contribution in [0.2, 0.25) is 0 Å². The molecule has 7 nitrogen and oxygen atoms in total. The largest absolute Gasteiger partial charge is 0.478 e. The first-order valence-corrected chi connectivity index (χ1v) is 13.0. The van der Waals surface area contributed by atoms with Crippen molar-refractivity contribution in [2.75, 3.05) is 4.90 Å². The highest BCUT2D eigenvalue weighted by molar-refractivity contribution is 5.88. The van der Waals surface area contributed by atoms with Crippen LogP contribution in [0, 0.1) is 6.92 Å². The Morgan fingerprint density at radius 1 is 1.13 bits per heavy atom. The van der Waals surface area contributed by atoms with Crippen molar-refractivity contribution >= 4 is 11.8 Å². The minimum absolute atomic E-state index is 0.00361. The number of aryl methyl sites for hydroxylation is 1. The number of fused-ring (bicyclic) bond motifs is 2. The van der Waals surface area contributed by atoms with Crippen LogP contribution in [0.15, 0.2) is 40.9 Å². The molecule has 10 heteroatoms. The molecule has 1 N–H and O–H groups in total. The van der Waals surface area contributed by atoms with Gasteiger partial charge in [0, 0.05) is 34.8 Å². The zero-order valence-corrected chi connectivity index (χ0v) is 20.9. The fraction of sp³-hybridized carbons (Fsp3) is 0.464. The molecular formula is C28H28F3N3O4. The van der Waals surface area contributed by atoms with Gasteiger partial charge in [-0.2, -0.15) is 13.2 Å². The molecule has 2 saturated heterocycles. The summed E-state index contributed by atoms with van der Waals surface area (Å²) in [6, 6.07) is 8.95. The van der Waals surface area contributed by atoms with Crippen LogP contribution >= 0.6 is 0 Å². The lowest BCUT2D eigenvalue weighted by atomic mass is 9.98. The zero-order chi connectivity index (χ0) is 26.6. The minimum Gasteiger partial charge on any atom is -0.478 e. The van der Waals surface area contributed by atoms with Crippen LogP contribution in [0.1, 0.15) is 77.4 Å². The molecule has 0 amide bonds. The topological polar surface area (TPSA) is 88.7 Å². The third-order valence-corrected chi connectivity index (χ3v) is 7.86. The Labute approximate surface area is 217 Å². The number of alkyl halides is 3. The molecule has 2 atom stereocenters. The number of piperidine rings is 1. The predicted molar refractivity (Wildman–Crippen MR) is 132 cm³/mol. The molecule has 6 rings (SSSR count). The summed E-state index contributed by atoms with van der Waals surface area (Å²) >= 11 is 0. The molecular weight excluding hydrogens is 499 g/mol. The number of ether oxygens (including phenoxy) is 1. The first-order valence-electron chi connectivity index (χ1n) is 13.0. The van der Waals surface area contributed by atoms with Gasteiger partial charge in [-0.1, -0.05) is 23.4 Å². The van der Waals surface area contributed by atoms with Crippen molar-refractivity contribution in [1.82, 2.24) is 10.1 Å². The Morgan fingerprint density at radius 3 is 2.50 bits per heavy atom. The molecule has 1 aromatic carbocycles. The van der Waals surface area contributed by atoms with Gasteiger partial charge in [0.2, 0.25) is 0 Å². The lowest BCUT2D eigenvalue weighted by Crippen LogP contribution is -2.46. The van der Waals surface area contributed by atoms with Gasteiger partial charge in [0.05, 0.1) is 23.8 Å². The lowest BCUT2D eigenvalue weighted by molar-refractivity contribution is -0.137. The van der Waals surface area contributed by atoms with E-state index in [-0.39, 0.29) is 47.5 Å². The summed E-state index contributed by atoms with van der Waals surface area (Å²) in [7, 11) is 0. The zero-order valence-electron chi connectivity index (χ0n) is 20.9. The maximum atomic E-state index is 13.8. The van der Waals surface area contributed by atoms with Crippen molar-refractivity contribution in [3.8, 4) is 11.3 Å². The van der Waals surface area contributed by atoms with Crippen LogP contribution in [0.5, 0.6) is 0 Å². The van der Waals surface area contributed by atoms with Gasteiger partial charge in [-0.15, -0.1) is 0 Å². The molecule has 0 spiro atoms. The number of nitrogens with zero attached hydrogens (tertiary/aromatic N) is 3. The van der Waals surface area contributed by atoms with Crippen molar-refractivity contribution in [1.29, 1.82) is 0 Å². The number of carbonyl (C=O) groups is 1. The van der Waals surface area contributed by atoms with Crippen molar-refractivity contribution in [2.45, 2.75) is 82.3 Å². The number of carboxylic acid groups (broad SMARTS) is 1. The second-order valence-electron chi connectivity index (χ2n) is 10.5. The number of halogens is 3. The van der Waals surface area contributed by atoms with Crippen LogP contribution in [0.4, 0.5) is 19.0 Å². The maximum absolute atomic E-state index is 13.8. The summed E-state index contributed by atoms with van der Waals surface area (Å²) in [5.41, 5.74) is 0.941. The summed E-state index contributed by atoms with van der Waals surface area (Å²) in [6.07, 6.45) is 0.616. The molecule has 3 fully saturated rings. The molecule has 3 aliphatic rings. The number of aromatic carboxylic acids is 1. The predicted octanol–water partition coefficient (Wildman–Crippen LogP) is 6.36. The van der Waals surface area contributed by atoms with Crippen LogP contribution < -0.4 is 4.90 Å². The minimum atomic E-state index is -4.51. The van der Waals surface area contributed by atoms with Crippen LogP contribution in [0.3, 0.4) is 0 Å². The summed E-state index contributed by atoms with van der Waals surface area (Å²) < 4.78 is 53.2. The van der Waals surface area contributed by atoms with E-state index in [2.05, 4.69) is 15.0 Å². The summed E-state index contributed by atoms with van der Waals surface area (Å²) in [4.78, 5) is 18.4. The number of carboxylic acids is 1. The van der Waals surface area contributed by atoms with Gasteiger partial charge in [0.15, 0.2) is 0 Å². The van der Waals surface area contributed by atoms with E-state index in [0.29, 0.717) is 22.8 Å². The van der Waals surface area contributed by atoms with Gasteiger partial charge in [-0.3, -0.25) is 0 Å². The van der Waals surface area contributed by atoms with Crippen LogP contribution in [-0.2, 0) is 17.5 Å². The highest BCUT2D eigenvalue weighted by atomic mass is 19.4. The van der Waals surface area contributed by atoms with E-state index in [4.69, 9.17) is 9.26 Å². The normalized spacial score (nSPS) is 23.2. The maximum Gasteiger partial charge on any atom is 0.417 e. The molecule has 4 heterocycles. The molecule has 2 aliphatic heterocycles. The molecule has 2 unspecified atom stereocenters. The lowest BCUT2D eigenvalue weighted by Gasteiger charge is -2.39. The van der Waals surface area contributed by atoms with Gasteiger partial charge in [-0.05, 0) is 63.6 Å². The standard InChI is InChI=1S/C28H28F3N3O4/c1-15-10-17(27(35)36)11-24(32-15)34-18-8-9-19(34)13-20(12-18)37-14-22-25(33-38-26(22)16-6-7-16)21-4-2-3-5-23(21)28(29,30)31/h2-5,10-11,16,18-20H,6-9,12-14H2,1H3,(H,35,36). The van der Waals surface area contributed by atoms with Crippen molar-refractivity contribution < 1.29 is 32.3 Å². The number of rotatable bonds is 7. The van der Waals surface area contributed by atoms with Gasteiger partial charge in [0.1, 0.15) is 17.3 Å². The van der Waals surface area contributed by atoms with Gasteiger partial charge in [-0.25, -0.2) is 9.78 Å². The van der Waals surface area contributed by atoms with Gasteiger partial charge < -0.3 is 19.3 Å². The van der Waals surface area contributed by atoms with E-state index in [1.54, 1.807) is 25.1 Å². The summed E-state index contributed by atoms with van der Waals surface area (Å²) in [5, 5.41) is 13.6. The van der Waals surface area contributed by atoms with Crippen LogP contribution in [0.25, 0.3) is 11.3 Å². The molecule has 38 heavy (non-hydrogen) atoms. The average Bonchev–Trinajstić information content (AvgIpc) is 3.57. The van der Waals surface area contributed by atoms with E-state index in [1.807, 2.05) is 0 Å². The quantitative estimate of drug-likeness (QED) is 0.383. The van der Waals surface area contributed by atoms with Crippen molar-refractivity contribution in [3.63, 3.8) is 0 Å². The summed E-state index contributed by atoms with van der Waals surface area (Å²) in [6.45, 7) is 1.92. The Bertz CT molecular complexity index is 1350. The first kappa shape index (κ1) is 24.9. The molecule has 2 aromatic heterocycles. The van der Waals surface area contributed by atoms with Gasteiger partial charge in [0.25, 0.3) is 0 Å². The number of hydrogen-bond donors (Lipinski definition) is 1. The monoisotopic (exact) mass is 527 g/mol. The van der Waals surface area contributed by atoms with E-state index >= 15 is 0 Å². The van der Waals surface area contributed by atoms with Crippen molar-refractivity contribution in [3.05, 3.63) is 64.5 Å². The average molecular weight is 528 g/mol. The van der Waals surface area contributed by atoms with Crippen molar-refractivity contribution in [2.24, 2.45) is 0 Å². The third-order valence-electron chi connectivity index (χ3n) is 7.86. The van der Waals surface area contributed by atoms with Gasteiger partial charge >= 0.3 is 12.1 Å². The van der Waals surface area contributed by atoms with E-state index in [1.165, 1.54) is 12.1 Å². The van der Waals surface area contributed by atoms with E-state index in [9.17, 15) is 23.1 Å². The molecule has 1 aliphatic carbocycles. The van der Waals surface area contributed by atoms with Crippen LogP contribution in [-0.4, -0.2) is 39.4 Å². The SMILES string of the molecule is Cc1cc(C(=O)O)cc(N2C3CCC2CC(OCc2c(-c4ccccc4C(F)(F)F)noc2C2CC2)C3)n1. The number of anilines is 1. The smallest absolute Gasteiger partial charge is 0.417 e. The molecule has 200 valence electrons. The number of aromatic nitrogens is 2. The second-order valence-corrected chi connectivity index (χ2v) is 10.5. The number of hydrogen-bond acceptors (Lipinski definition) is 6. The fourth-order valence-corrected chi connectivity index (χ4v) is 6.02. The Morgan fingerprint density at radius 2 is 1.84 bits per heavy atom. The number of pyridine rings is 1. The molecule has 2 bridgehead atoms. The molecule has 1 saturated carbocycles. The summed E-state index contributed by atoms with van der Waals surface area (Å²) in [5.74, 6) is 0.490. The highest BCUT2D eigenvalue weighted by Crippen LogP contribution is 2.46. The Hall–Kier alpha value is -3.40. The highest BCUT2D eigenvalue weighted by Gasteiger charge is 2.43. The third kappa shape index (κ3) is 4.66. The molecule has 3 aromatic rings. The first-order chi connectivity index (χ1) is 18.2. The Balaban J connectivity index is 1.22. The fourth-order valence-electron chi connectivity index (χ4n) is 6.02.